The Kier molecular flexibility index (Phi) is 11.4. The van der Waals surface area contributed by atoms with Crippen molar-refractivity contribution in [2.45, 2.75) is 76.4 Å². The van der Waals surface area contributed by atoms with Crippen molar-refractivity contribution in [2.75, 3.05) is 32.4 Å². The number of hydrogen-bond acceptors (Lipinski definition) is 7. The van der Waals surface area contributed by atoms with Crippen LogP contribution in [0.4, 0.5) is 0 Å². The van der Waals surface area contributed by atoms with E-state index in [2.05, 4.69) is 36.6 Å². The number of nitrogens with one attached hydrogen (secondary N) is 2. The first-order valence-electron chi connectivity index (χ1n) is 13.3. The summed E-state index contributed by atoms with van der Waals surface area (Å²) < 4.78 is 43.4. The summed E-state index contributed by atoms with van der Waals surface area (Å²) in [6.07, 6.45) is 4.12. The van der Waals surface area contributed by atoms with Crippen LogP contribution in [0, 0.1) is 0 Å². The lowest BCUT2D eigenvalue weighted by Crippen LogP contribution is -2.49. The highest BCUT2D eigenvalue weighted by Gasteiger charge is 2.38. The highest BCUT2D eigenvalue weighted by Crippen LogP contribution is 2.47. The second-order valence-corrected chi connectivity index (χ2v) is 12.9. The van der Waals surface area contributed by atoms with Gasteiger partial charge in [-0.3, -0.25) is 14.1 Å². The van der Waals surface area contributed by atoms with Crippen molar-refractivity contribution < 1.29 is 22.6 Å². The van der Waals surface area contributed by atoms with Crippen LogP contribution in [0.15, 0.2) is 47.4 Å². The number of rotatable bonds is 14. The highest BCUT2D eigenvalue weighted by atomic mass is 32.2. The van der Waals surface area contributed by atoms with E-state index in [-0.39, 0.29) is 17.9 Å². The third-order valence-electron chi connectivity index (χ3n) is 6.92. The van der Waals surface area contributed by atoms with Crippen molar-refractivity contribution in [3.8, 4) is 5.75 Å². The Hall–Kier alpha value is -1.54. The van der Waals surface area contributed by atoms with Gasteiger partial charge >= 0.3 is 7.60 Å². The van der Waals surface area contributed by atoms with Crippen molar-refractivity contribution in [3.05, 3.63) is 59.2 Å². The van der Waals surface area contributed by atoms with E-state index in [1.807, 2.05) is 30.3 Å². The Morgan fingerprint density at radius 2 is 1.81 bits per heavy atom. The predicted molar refractivity (Wildman–Crippen MR) is 151 cm³/mol. The Morgan fingerprint density at radius 3 is 2.41 bits per heavy atom. The number of ether oxygens (including phenoxy) is 1. The van der Waals surface area contributed by atoms with E-state index in [1.165, 1.54) is 0 Å². The van der Waals surface area contributed by atoms with Gasteiger partial charge in [0.2, 0.25) is 0 Å². The topological polar surface area (TPSA) is 85.9 Å². The van der Waals surface area contributed by atoms with Gasteiger partial charge in [0.1, 0.15) is 5.75 Å². The molecular weight excluding hydrogens is 507 g/mol. The van der Waals surface area contributed by atoms with Crippen molar-refractivity contribution in [2.24, 2.45) is 0 Å². The van der Waals surface area contributed by atoms with Crippen molar-refractivity contribution in [1.29, 1.82) is 0 Å². The first kappa shape index (κ1) is 30.0. The second kappa shape index (κ2) is 14.0. The zero-order chi connectivity index (χ0) is 26.9. The molecule has 3 rings (SSSR count). The average molecular weight is 551 g/mol. The largest absolute Gasteiger partial charge is 0.496 e. The van der Waals surface area contributed by atoms with Crippen LogP contribution >= 0.6 is 7.60 Å². The van der Waals surface area contributed by atoms with Crippen LogP contribution in [0.1, 0.15) is 76.1 Å². The molecule has 0 saturated carbocycles. The van der Waals surface area contributed by atoms with E-state index in [4.69, 9.17) is 13.8 Å². The van der Waals surface area contributed by atoms with Crippen molar-refractivity contribution in [3.63, 3.8) is 0 Å². The number of unbranched alkanes of at least 4 members (excludes halogenated alkanes) is 1. The minimum Gasteiger partial charge on any atom is -0.496 e. The average Bonchev–Trinajstić information content (AvgIpc) is 3.02. The molecule has 0 amide bonds. The summed E-state index contributed by atoms with van der Waals surface area (Å²) in [4.78, 5) is 0.823. The fourth-order valence-electron chi connectivity index (χ4n) is 4.92. The van der Waals surface area contributed by atoms with Gasteiger partial charge in [-0.25, -0.2) is 0 Å². The quantitative estimate of drug-likeness (QED) is 0.273. The van der Waals surface area contributed by atoms with Gasteiger partial charge in [-0.2, -0.15) is 0 Å². The molecule has 0 spiro atoms. The first-order valence-corrected chi connectivity index (χ1v) is 16.4. The third kappa shape index (κ3) is 7.53. The van der Waals surface area contributed by atoms with Crippen LogP contribution < -0.4 is 15.4 Å². The molecule has 0 bridgehead atoms. The van der Waals surface area contributed by atoms with Gasteiger partial charge in [-0.1, -0.05) is 57.0 Å². The molecule has 0 radical (unpaired) electrons. The Balaban J connectivity index is 2.00. The van der Waals surface area contributed by atoms with Gasteiger partial charge < -0.3 is 19.1 Å². The molecule has 37 heavy (non-hydrogen) atoms. The summed E-state index contributed by atoms with van der Waals surface area (Å²) >= 11 is 0. The Labute approximate surface area is 225 Å². The third-order valence-corrected chi connectivity index (χ3v) is 10.5. The van der Waals surface area contributed by atoms with E-state index in [9.17, 15) is 8.77 Å². The van der Waals surface area contributed by atoms with Gasteiger partial charge in [-0.05, 0) is 49.9 Å². The lowest BCUT2D eigenvalue weighted by molar-refractivity contribution is 0.218. The van der Waals surface area contributed by atoms with E-state index in [0.29, 0.717) is 31.3 Å². The van der Waals surface area contributed by atoms with E-state index in [0.717, 1.165) is 47.3 Å². The van der Waals surface area contributed by atoms with Crippen LogP contribution in [0.5, 0.6) is 5.75 Å². The van der Waals surface area contributed by atoms with Crippen molar-refractivity contribution >= 4 is 18.4 Å². The molecule has 9 heteroatoms. The molecule has 1 heterocycles. The maximum absolute atomic E-state index is 13.9. The predicted octanol–water partition coefficient (Wildman–Crippen LogP) is 6.15. The zero-order valence-corrected chi connectivity index (χ0v) is 24.6. The second-order valence-electron chi connectivity index (χ2n) is 9.45. The molecular formula is C28H43N2O5PS. The van der Waals surface area contributed by atoms with Gasteiger partial charge in [0.15, 0.2) is 0 Å². The number of fused-ring (bicyclic) bond motifs is 1. The van der Waals surface area contributed by atoms with Crippen LogP contribution in [-0.2, 0) is 31.0 Å². The lowest BCUT2D eigenvalue weighted by Gasteiger charge is -2.36. The molecule has 206 valence electrons. The molecule has 2 N–H and O–H groups in total. The van der Waals surface area contributed by atoms with Crippen molar-refractivity contribution in [1.82, 2.24) is 10.6 Å². The summed E-state index contributed by atoms with van der Waals surface area (Å²) in [6, 6.07) is 14.3. The molecule has 2 aromatic carbocycles. The molecule has 0 aliphatic carbocycles. The summed E-state index contributed by atoms with van der Waals surface area (Å²) in [7, 11) is -2.78. The van der Waals surface area contributed by atoms with Crippen LogP contribution in [0.3, 0.4) is 0 Å². The smallest absolute Gasteiger partial charge is 0.344 e. The lowest BCUT2D eigenvalue weighted by atomic mass is 9.88. The number of hydrogen-bond donors (Lipinski definition) is 2. The summed E-state index contributed by atoms with van der Waals surface area (Å²) in [6.45, 7) is 8.98. The van der Waals surface area contributed by atoms with Gasteiger partial charge in [-0.15, -0.1) is 0 Å². The van der Waals surface area contributed by atoms with E-state index < -0.39 is 18.4 Å². The highest BCUT2D eigenvalue weighted by molar-refractivity contribution is 7.85. The molecule has 1 aliphatic rings. The van der Waals surface area contributed by atoms with E-state index in [1.54, 1.807) is 21.0 Å². The molecule has 0 fully saturated rings. The molecule has 0 saturated heterocycles. The molecule has 0 aromatic heterocycles. The van der Waals surface area contributed by atoms with E-state index >= 15 is 0 Å². The Bertz CT molecular complexity index is 1070. The van der Waals surface area contributed by atoms with Crippen LogP contribution in [0.2, 0.25) is 0 Å². The summed E-state index contributed by atoms with van der Waals surface area (Å²) in [5.74, 6) is 1.26. The maximum atomic E-state index is 13.9. The Morgan fingerprint density at radius 1 is 1.11 bits per heavy atom. The fourth-order valence-corrected chi connectivity index (χ4v) is 8.15. The minimum atomic E-state index is -3.23. The molecule has 1 aliphatic heterocycles. The zero-order valence-electron chi connectivity index (χ0n) is 22.9. The normalized spacial score (nSPS) is 21.9. The standard InChI is InChI=1S/C28H43N2O5PS/c1-6-10-16-28(7-2)20-37(32)26-17-23(19-29-21-36(31,34-8-3)35-9-4)25(33-5)18-24(26)27(30-28)22-14-12-11-13-15-22/h11-15,17-18,27,29-30H,6-10,16,19-21H2,1-5H3/t27-,28-,37?/m1/s1. The maximum Gasteiger partial charge on any atom is 0.344 e. The van der Waals surface area contributed by atoms with Gasteiger partial charge in [0.25, 0.3) is 0 Å². The first-order chi connectivity index (χ1) is 17.8. The molecule has 3 atom stereocenters. The molecule has 1 unspecified atom stereocenters. The van der Waals surface area contributed by atoms with Gasteiger partial charge in [0, 0.05) is 28.3 Å². The van der Waals surface area contributed by atoms with Crippen LogP contribution in [-0.4, -0.2) is 42.1 Å². The van der Waals surface area contributed by atoms with Gasteiger partial charge in [0.05, 0.1) is 43.5 Å². The monoisotopic (exact) mass is 550 g/mol. The van der Waals surface area contributed by atoms with Crippen LogP contribution in [0.25, 0.3) is 0 Å². The SMILES string of the molecule is CCCC[C@]1(CC)CS(=O)c2cc(CNCP(=O)(OCC)OCC)c(OC)cc2[C@@H](c2ccccc2)N1. The molecule has 2 aromatic rings. The fraction of sp³-hybridized carbons (Fsp3) is 0.571. The minimum absolute atomic E-state index is 0.0855. The number of methoxy groups -OCH3 is 1. The summed E-state index contributed by atoms with van der Waals surface area (Å²) in [5.41, 5.74) is 2.75. The molecule has 7 nitrogen and oxygen atoms in total. The number of benzene rings is 2. The summed E-state index contributed by atoms with van der Waals surface area (Å²) in [5, 5.41) is 7.16.